The fourth-order valence-corrected chi connectivity index (χ4v) is 4.88. The molecule has 13 nitrogen and oxygen atoms in total. The zero-order chi connectivity index (χ0) is 25.7. The maximum atomic E-state index is 13.1. The summed E-state index contributed by atoms with van der Waals surface area (Å²) >= 11 is 0. The number of nitrogens with zero attached hydrogens (tertiary/aromatic N) is 3. The number of imidazole rings is 1. The topological polar surface area (TPSA) is 169 Å². The lowest BCUT2D eigenvalue weighted by Gasteiger charge is -2.32. The van der Waals surface area contributed by atoms with Crippen LogP contribution < -0.4 is 5.56 Å². The summed E-state index contributed by atoms with van der Waals surface area (Å²) in [5, 5.41) is 0. The molecule has 3 rings (SSSR count). The van der Waals surface area contributed by atoms with Crippen molar-refractivity contribution in [3.8, 4) is 0 Å². The molecule has 0 saturated carbocycles. The first-order valence-corrected chi connectivity index (χ1v) is 13.1. The number of aryl methyl sites for hydroxylation is 1. The molecule has 1 aliphatic rings. The third-order valence-corrected chi connectivity index (χ3v) is 6.94. The number of nitrogens with one attached hydrogen (secondary N) is 1. The van der Waals surface area contributed by atoms with Crippen molar-refractivity contribution in [1.82, 2.24) is 19.5 Å². The Balaban J connectivity index is 2.20. The molecule has 2 aromatic rings. The molecular weight excluding hydrogens is 532 g/mol. The van der Waals surface area contributed by atoms with E-state index in [0.29, 0.717) is 0 Å². The smallest absolute Gasteiger partial charge is 0.356 e. The Labute approximate surface area is 193 Å². The SMILES string of the molecule is CC[C@@]1(COS(C)(=O)=O)O[C@@H](n2cnc3c(=O)[nH]c(C)nc32)[C@@H](OS(=O)(=O)C(F)(F)F)[C@@H]1OP. The van der Waals surface area contributed by atoms with Crippen molar-refractivity contribution in [2.24, 2.45) is 0 Å². The van der Waals surface area contributed by atoms with Crippen LogP contribution in [0.5, 0.6) is 0 Å². The molecule has 0 radical (unpaired) electrons. The Bertz CT molecular complexity index is 1350. The first-order valence-electron chi connectivity index (χ1n) is 9.36. The molecule has 192 valence electrons. The van der Waals surface area contributed by atoms with Crippen molar-refractivity contribution in [3.63, 3.8) is 0 Å². The van der Waals surface area contributed by atoms with E-state index in [1.165, 1.54) is 13.8 Å². The van der Waals surface area contributed by atoms with Gasteiger partial charge >= 0.3 is 15.6 Å². The normalized spacial score (nSPS) is 26.4. The van der Waals surface area contributed by atoms with Crippen molar-refractivity contribution < 1.29 is 47.6 Å². The van der Waals surface area contributed by atoms with Gasteiger partial charge < -0.3 is 14.2 Å². The predicted molar refractivity (Wildman–Crippen MR) is 111 cm³/mol. The van der Waals surface area contributed by atoms with Gasteiger partial charge in [0.1, 0.15) is 17.5 Å². The molecule has 1 N–H and O–H groups in total. The van der Waals surface area contributed by atoms with Crippen LogP contribution in [0.2, 0.25) is 0 Å². The summed E-state index contributed by atoms with van der Waals surface area (Å²) in [6, 6.07) is 0. The van der Waals surface area contributed by atoms with E-state index in [-0.39, 0.29) is 23.4 Å². The Morgan fingerprint density at radius 2 is 1.97 bits per heavy atom. The molecule has 3 heterocycles. The number of H-pyrrole nitrogens is 1. The van der Waals surface area contributed by atoms with E-state index >= 15 is 0 Å². The summed E-state index contributed by atoms with van der Waals surface area (Å²) in [5.74, 6) is 0.124. The van der Waals surface area contributed by atoms with Gasteiger partial charge in [-0.25, -0.2) is 9.97 Å². The first kappa shape index (κ1) is 26.9. The summed E-state index contributed by atoms with van der Waals surface area (Å²) in [6.07, 6.45) is -3.70. The summed E-state index contributed by atoms with van der Waals surface area (Å²) in [6.45, 7) is 2.17. The number of rotatable bonds is 8. The lowest BCUT2D eigenvalue weighted by molar-refractivity contribution is -0.118. The van der Waals surface area contributed by atoms with E-state index in [2.05, 4.69) is 19.1 Å². The zero-order valence-electron chi connectivity index (χ0n) is 17.8. The second-order valence-electron chi connectivity index (χ2n) is 7.39. The van der Waals surface area contributed by atoms with Crippen LogP contribution in [0.4, 0.5) is 13.2 Å². The highest BCUT2D eigenvalue weighted by molar-refractivity contribution is 7.87. The summed E-state index contributed by atoms with van der Waals surface area (Å²) in [4.78, 5) is 22.5. The maximum Gasteiger partial charge on any atom is 0.523 e. The van der Waals surface area contributed by atoms with E-state index < -0.39 is 61.9 Å². The highest BCUT2D eigenvalue weighted by atomic mass is 32.2. The number of ether oxygens (including phenoxy) is 1. The predicted octanol–water partition coefficient (Wildman–Crippen LogP) is 0.492. The average molecular weight is 552 g/mol. The van der Waals surface area contributed by atoms with Crippen molar-refractivity contribution in [2.45, 2.75) is 49.8 Å². The first-order chi connectivity index (χ1) is 15.5. The fraction of sp³-hybridized carbons (Fsp3) is 0.667. The maximum absolute atomic E-state index is 13.1. The Morgan fingerprint density at radius 1 is 1.32 bits per heavy atom. The number of aromatic amines is 1. The molecular formula is C15H20F3N4O9PS2. The van der Waals surface area contributed by atoms with Gasteiger partial charge in [-0.15, -0.1) is 0 Å². The van der Waals surface area contributed by atoms with Crippen LogP contribution in [-0.2, 0) is 37.9 Å². The molecule has 1 fully saturated rings. The Kier molecular flexibility index (Phi) is 7.18. The molecule has 0 spiro atoms. The number of hydrogen-bond donors (Lipinski definition) is 1. The second kappa shape index (κ2) is 9.07. The van der Waals surface area contributed by atoms with Crippen LogP contribution in [0.1, 0.15) is 25.4 Å². The molecule has 19 heteroatoms. The van der Waals surface area contributed by atoms with Gasteiger partial charge in [0.15, 0.2) is 23.5 Å². The highest BCUT2D eigenvalue weighted by Crippen LogP contribution is 2.46. The number of alkyl halides is 3. The van der Waals surface area contributed by atoms with E-state index in [9.17, 15) is 34.8 Å². The summed E-state index contributed by atoms with van der Waals surface area (Å²) < 4.78 is 108. The van der Waals surface area contributed by atoms with Crippen molar-refractivity contribution >= 4 is 40.9 Å². The number of fused-ring (bicyclic) bond motifs is 1. The molecule has 0 aliphatic carbocycles. The van der Waals surface area contributed by atoms with Gasteiger partial charge in [-0.05, 0) is 13.3 Å². The second-order valence-corrected chi connectivity index (χ2v) is 10.9. The van der Waals surface area contributed by atoms with Gasteiger partial charge in [-0.1, -0.05) is 6.92 Å². The van der Waals surface area contributed by atoms with Crippen LogP contribution >= 0.6 is 9.47 Å². The Hall–Kier alpha value is -1.69. The molecule has 1 saturated heterocycles. The minimum absolute atomic E-state index is 0.107. The van der Waals surface area contributed by atoms with Gasteiger partial charge in [-0.3, -0.25) is 17.7 Å². The van der Waals surface area contributed by atoms with Crippen molar-refractivity contribution in [3.05, 3.63) is 22.5 Å². The number of hydrogen-bond acceptors (Lipinski definition) is 11. The van der Waals surface area contributed by atoms with Crippen molar-refractivity contribution in [2.75, 3.05) is 12.9 Å². The lowest BCUT2D eigenvalue weighted by Crippen LogP contribution is -2.48. The molecule has 0 aromatic carbocycles. The third-order valence-electron chi connectivity index (χ3n) is 5.06. The number of halogens is 3. The summed E-state index contributed by atoms with van der Waals surface area (Å²) in [5.41, 5.74) is -8.61. The van der Waals surface area contributed by atoms with Crippen LogP contribution in [0.15, 0.2) is 11.1 Å². The van der Waals surface area contributed by atoms with E-state index in [1.807, 2.05) is 0 Å². The Morgan fingerprint density at radius 3 is 2.50 bits per heavy atom. The largest absolute Gasteiger partial charge is 0.523 e. The van der Waals surface area contributed by atoms with Crippen molar-refractivity contribution in [1.29, 1.82) is 0 Å². The summed E-state index contributed by atoms with van der Waals surface area (Å²) in [7, 11) is -8.46. The van der Waals surface area contributed by atoms with Crippen LogP contribution in [0.25, 0.3) is 11.2 Å². The van der Waals surface area contributed by atoms with E-state index in [0.717, 1.165) is 17.2 Å². The highest BCUT2D eigenvalue weighted by Gasteiger charge is 2.61. The monoisotopic (exact) mass is 552 g/mol. The molecule has 0 bridgehead atoms. The van der Waals surface area contributed by atoms with Crippen LogP contribution in [0.3, 0.4) is 0 Å². The minimum atomic E-state index is -6.17. The van der Waals surface area contributed by atoms with Gasteiger partial charge in [0, 0.05) is 9.47 Å². The average Bonchev–Trinajstić information content (AvgIpc) is 3.24. The standard InChI is InChI=1S/C15H20F3N4O9PS2/c1-4-14(5-28-33(3,24)25)10(30-32)9(31-34(26,27)15(16,17)18)13(29-14)22-6-19-8-11(22)20-7(2)21-12(8)23/h6,9-10,13H,4-5,32H2,1-3H3,(H,20,21,23)/t9-,10-,13+,14-/m0/s1. The molecule has 1 aliphatic heterocycles. The molecule has 1 unspecified atom stereocenters. The van der Waals surface area contributed by atoms with E-state index in [1.54, 1.807) is 9.47 Å². The van der Waals surface area contributed by atoms with Crippen LogP contribution in [-0.4, -0.2) is 72.5 Å². The number of aromatic nitrogens is 4. The lowest BCUT2D eigenvalue weighted by atomic mass is 9.93. The van der Waals surface area contributed by atoms with Gasteiger partial charge in [0.25, 0.3) is 15.7 Å². The fourth-order valence-electron chi connectivity index (χ4n) is 3.47. The van der Waals surface area contributed by atoms with Gasteiger partial charge in [0.05, 0.1) is 19.2 Å². The molecule has 34 heavy (non-hydrogen) atoms. The van der Waals surface area contributed by atoms with Gasteiger partial charge in [-0.2, -0.15) is 30.0 Å². The minimum Gasteiger partial charge on any atom is -0.356 e. The molecule has 0 amide bonds. The third kappa shape index (κ3) is 4.98. The van der Waals surface area contributed by atoms with Gasteiger partial charge in [0.2, 0.25) is 0 Å². The van der Waals surface area contributed by atoms with Crippen LogP contribution in [0, 0.1) is 6.92 Å². The molecule has 5 atom stereocenters. The zero-order valence-corrected chi connectivity index (χ0v) is 20.6. The quantitative estimate of drug-likeness (QED) is 0.275. The molecule has 2 aromatic heterocycles. The van der Waals surface area contributed by atoms with E-state index in [4.69, 9.17) is 13.4 Å².